The van der Waals surface area contributed by atoms with E-state index in [4.69, 9.17) is 0 Å². The molecule has 1 N–H and O–H groups in total. The molecule has 0 aromatic heterocycles. The van der Waals surface area contributed by atoms with Crippen LogP contribution in [0.1, 0.15) is 50.2 Å². The molecule has 2 aliphatic heterocycles. The number of hydrogen-bond donors (Lipinski definition) is 1. The smallest absolute Gasteiger partial charge is 0.223 e. The maximum absolute atomic E-state index is 12.5. The SMILES string of the molecule is CC(C)c1ccc(C(C)CC(=O)N2C[C@H]3CNC[C@H]3C2)cc1.Cl. The Labute approximate surface area is 146 Å². The van der Waals surface area contributed by atoms with Gasteiger partial charge in [0.15, 0.2) is 0 Å². The van der Waals surface area contributed by atoms with Gasteiger partial charge in [-0.25, -0.2) is 0 Å². The molecule has 1 unspecified atom stereocenters. The number of carbonyl (C=O) groups excluding carboxylic acids is 1. The number of amides is 1. The quantitative estimate of drug-likeness (QED) is 0.914. The van der Waals surface area contributed by atoms with E-state index in [0.29, 0.717) is 36.0 Å². The third-order valence-electron chi connectivity index (χ3n) is 5.40. The summed E-state index contributed by atoms with van der Waals surface area (Å²) in [5, 5.41) is 3.43. The summed E-state index contributed by atoms with van der Waals surface area (Å²) >= 11 is 0. The van der Waals surface area contributed by atoms with Crippen LogP contribution in [0.15, 0.2) is 24.3 Å². The van der Waals surface area contributed by atoms with E-state index in [0.717, 1.165) is 26.2 Å². The Bertz CT molecular complexity index is 517. The average molecular weight is 337 g/mol. The summed E-state index contributed by atoms with van der Waals surface area (Å²) < 4.78 is 0. The molecule has 1 aromatic rings. The molecule has 2 heterocycles. The Kier molecular flexibility index (Phi) is 6.10. The molecule has 3 nitrogen and oxygen atoms in total. The van der Waals surface area contributed by atoms with Crippen LogP contribution >= 0.6 is 12.4 Å². The van der Waals surface area contributed by atoms with Gasteiger partial charge in [-0.1, -0.05) is 45.0 Å². The van der Waals surface area contributed by atoms with Gasteiger partial charge in [-0.3, -0.25) is 4.79 Å². The maximum Gasteiger partial charge on any atom is 0.223 e. The highest BCUT2D eigenvalue weighted by molar-refractivity contribution is 5.85. The maximum atomic E-state index is 12.5. The van der Waals surface area contributed by atoms with Crippen molar-refractivity contribution in [3.05, 3.63) is 35.4 Å². The highest BCUT2D eigenvalue weighted by Crippen LogP contribution is 2.29. The Balaban J connectivity index is 0.00000192. The number of halogens is 1. The molecule has 0 saturated carbocycles. The molecule has 0 radical (unpaired) electrons. The number of carbonyl (C=O) groups is 1. The predicted octanol–water partition coefficient (Wildman–Crippen LogP) is 3.40. The standard InChI is InChI=1S/C19H28N2O.ClH/c1-13(2)15-4-6-16(7-5-15)14(3)8-19(22)21-11-17-9-20-10-18(17)12-21;/h4-7,13-14,17-18,20H,8-12H2,1-3H3;1H/t14?,17-,18+;. The van der Waals surface area contributed by atoms with E-state index < -0.39 is 0 Å². The normalized spacial score (nSPS) is 24.4. The minimum atomic E-state index is 0. The minimum Gasteiger partial charge on any atom is -0.342 e. The molecule has 2 aliphatic rings. The Morgan fingerprint density at radius 2 is 1.61 bits per heavy atom. The van der Waals surface area contributed by atoms with Gasteiger partial charge in [-0.15, -0.1) is 12.4 Å². The van der Waals surface area contributed by atoms with Crippen LogP contribution in [0.3, 0.4) is 0 Å². The molecule has 3 atom stereocenters. The highest BCUT2D eigenvalue weighted by atomic mass is 35.5. The number of hydrogen-bond acceptors (Lipinski definition) is 2. The van der Waals surface area contributed by atoms with Crippen molar-refractivity contribution < 1.29 is 4.79 Å². The fraction of sp³-hybridized carbons (Fsp3) is 0.632. The number of nitrogens with zero attached hydrogens (tertiary/aromatic N) is 1. The molecule has 4 heteroatoms. The second-order valence-corrected chi connectivity index (χ2v) is 7.40. The van der Waals surface area contributed by atoms with Crippen LogP contribution in [0, 0.1) is 11.8 Å². The summed E-state index contributed by atoms with van der Waals surface area (Å²) in [6, 6.07) is 8.78. The summed E-state index contributed by atoms with van der Waals surface area (Å²) in [6.07, 6.45) is 0.633. The van der Waals surface area contributed by atoms with Crippen molar-refractivity contribution in [2.75, 3.05) is 26.2 Å². The van der Waals surface area contributed by atoms with Crippen LogP contribution in [-0.4, -0.2) is 37.0 Å². The summed E-state index contributed by atoms with van der Waals surface area (Å²) in [4.78, 5) is 14.6. The molecular formula is C19H29ClN2O. The third-order valence-corrected chi connectivity index (χ3v) is 5.40. The molecule has 23 heavy (non-hydrogen) atoms. The molecule has 0 spiro atoms. The van der Waals surface area contributed by atoms with E-state index in [2.05, 4.69) is 55.3 Å². The van der Waals surface area contributed by atoms with Crippen LogP contribution in [0.25, 0.3) is 0 Å². The van der Waals surface area contributed by atoms with E-state index in [1.807, 2.05) is 0 Å². The van der Waals surface area contributed by atoms with E-state index in [1.54, 1.807) is 0 Å². The summed E-state index contributed by atoms with van der Waals surface area (Å²) in [5.74, 6) is 2.56. The van der Waals surface area contributed by atoms with E-state index in [1.165, 1.54) is 11.1 Å². The fourth-order valence-corrected chi connectivity index (χ4v) is 3.78. The van der Waals surface area contributed by atoms with Crippen molar-refractivity contribution in [1.29, 1.82) is 0 Å². The lowest BCUT2D eigenvalue weighted by atomic mass is 9.94. The van der Waals surface area contributed by atoms with Gasteiger partial charge in [-0.05, 0) is 34.8 Å². The van der Waals surface area contributed by atoms with Crippen LogP contribution in [0.2, 0.25) is 0 Å². The molecule has 2 saturated heterocycles. The van der Waals surface area contributed by atoms with Crippen LogP contribution in [0.4, 0.5) is 0 Å². The van der Waals surface area contributed by atoms with Crippen molar-refractivity contribution in [2.45, 2.75) is 39.0 Å². The van der Waals surface area contributed by atoms with Gasteiger partial charge in [0, 0.05) is 32.6 Å². The lowest BCUT2D eigenvalue weighted by Gasteiger charge is -2.20. The average Bonchev–Trinajstić information content (AvgIpc) is 3.08. The summed E-state index contributed by atoms with van der Waals surface area (Å²) in [5.41, 5.74) is 2.64. The second-order valence-electron chi connectivity index (χ2n) is 7.40. The van der Waals surface area contributed by atoms with E-state index >= 15 is 0 Å². The predicted molar refractivity (Wildman–Crippen MR) is 97.2 cm³/mol. The second kappa shape index (κ2) is 7.67. The van der Waals surface area contributed by atoms with Crippen molar-refractivity contribution in [3.63, 3.8) is 0 Å². The van der Waals surface area contributed by atoms with Gasteiger partial charge in [-0.2, -0.15) is 0 Å². The van der Waals surface area contributed by atoms with Gasteiger partial charge < -0.3 is 10.2 Å². The Morgan fingerprint density at radius 1 is 1.09 bits per heavy atom. The van der Waals surface area contributed by atoms with Crippen molar-refractivity contribution in [1.82, 2.24) is 10.2 Å². The minimum absolute atomic E-state index is 0. The largest absolute Gasteiger partial charge is 0.342 e. The van der Waals surface area contributed by atoms with Gasteiger partial charge in [0.2, 0.25) is 5.91 Å². The molecule has 1 amide bonds. The van der Waals surface area contributed by atoms with Crippen LogP contribution < -0.4 is 5.32 Å². The van der Waals surface area contributed by atoms with Gasteiger partial charge >= 0.3 is 0 Å². The molecule has 3 rings (SSSR count). The van der Waals surface area contributed by atoms with Gasteiger partial charge in [0.1, 0.15) is 0 Å². The van der Waals surface area contributed by atoms with Crippen molar-refractivity contribution in [3.8, 4) is 0 Å². The lowest BCUT2D eigenvalue weighted by molar-refractivity contribution is -0.130. The Hall–Kier alpha value is -1.06. The fourth-order valence-electron chi connectivity index (χ4n) is 3.78. The molecule has 0 bridgehead atoms. The van der Waals surface area contributed by atoms with E-state index in [9.17, 15) is 4.79 Å². The van der Waals surface area contributed by atoms with Crippen LogP contribution in [0.5, 0.6) is 0 Å². The topological polar surface area (TPSA) is 32.3 Å². The number of fused-ring (bicyclic) bond motifs is 1. The third kappa shape index (κ3) is 4.07. The molecule has 1 aromatic carbocycles. The zero-order valence-electron chi connectivity index (χ0n) is 14.4. The first-order valence-corrected chi connectivity index (χ1v) is 8.63. The highest BCUT2D eigenvalue weighted by Gasteiger charge is 2.38. The zero-order valence-corrected chi connectivity index (χ0v) is 15.2. The lowest BCUT2D eigenvalue weighted by Crippen LogP contribution is -2.32. The van der Waals surface area contributed by atoms with Crippen molar-refractivity contribution >= 4 is 18.3 Å². The van der Waals surface area contributed by atoms with Crippen LogP contribution in [-0.2, 0) is 4.79 Å². The molecule has 128 valence electrons. The monoisotopic (exact) mass is 336 g/mol. The molecular weight excluding hydrogens is 308 g/mol. The zero-order chi connectivity index (χ0) is 15.7. The first-order chi connectivity index (χ1) is 10.5. The number of likely N-dealkylation sites (tertiary alicyclic amines) is 1. The molecule has 2 fully saturated rings. The van der Waals surface area contributed by atoms with E-state index in [-0.39, 0.29) is 12.4 Å². The van der Waals surface area contributed by atoms with Gasteiger partial charge in [0.25, 0.3) is 0 Å². The first kappa shape index (κ1) is 18.3. The number of nitrogens with one attached hydrogen (secondary N) is 1. The summed E-state index contributed by atoms with van der Waals surface area (Å²) in [6.45, 7) is 10.7. The number of rotatable bonds is 4. The summed E-state index contributed by atoms with van der Waals surface area (Å²) in [7, 11) is 0. The molecule has 0 aliphatic carbocycles. The van der Waals surface area contributed by atoms with Gasteiger partial charge in [0.05, 0.1) is 0 Å². The first-order valence-electron chi connectivity index (χ1n) is 8.63. The van der Waals surface area contributed by atoms with Crippen molar-refractivity contribution in [2.24, 2.45) is 11.8 Å². The Morgan fingerprint density at radius 3 is 2.13 bits per heavy atom. The number of benzene rings is 1.